The number of H-pyrrole nitrogens is 1. The van der Waals surface area contributed by atoms with Crippen molar-refractivity contribution in [3.63, 3.8) is 0 Å². The van der Waals surface area contributed by atoms with Gasteiger partial charge in [-0.3, -0.25) is 0 Å². The smallest absolute Gasteiger partial charge is 0.294 e. The van der Waals surface area contributed by atoms with Crippen molar-refractivity contribution in [2.45, 2.75) is 38.7 Å². The van der Waals surface area contributed by atoms with Gasteiger partial charge in [0.2, 0.25) is 0 Å². The molecule has 96 valence electrons. The van der Waals surface area contributed by atoms with Gasteiger partial charge in [0.1, 0.15) is 6.10 Å². The summed E-state index contributed by atoms with van der Waals surface area (Å²) >= 11 is 0. The first-order valence-corrected chi connectivity index (χ1v) is 6.62. The predicted molar refractivity (Wildman–Crippen MR) is 72.6 cm³/mol. The van der Waals surface area contributed by atoms with E-state index in [0.717, 1.165) is 35.5 Å². The van der Waals surface area contributed by atoms with Crippen molar-refractivity contribution in [1.29, 1.82) is 0 Å². The number of hydrogen-bond acceptors (Lipinski definition) is 3. The zero-order valence-electron chi connectivity index (χ0n) is 10.6. The molecule has 1 aromatic heterocycles. The molecule has 0 amide bonds. The third kappa shape index (κ3) is 2.28. The molecule has 2 atom stereocenters. The molecular formula is C14H19N3O. The fraction of sp³-hybridized carbons (Fsp3) is 0.500. The lowest BCUT2D eigenvalue weighted by atomic mass is 9.89. The largest absolute Gasteiger partial charge is 0.461 e. The van der Waals surface area contributed by atoms with Gasteiger partial charge >= 0.3 is 0 Å². The third-order valence-electron chi connectivity index (χ3n) is 3.65. The number of aromatic nitrogens is 2. The van der Waals surface area contributed by atoms with Crippen LogP contribution in [0.3, 0.4) is 0 Å². The zero-order valence-corrected chi connectivity index (χ0v) is 10.6. The average Bonchev–Trinajstić information content (AvgIpc) is 2.70. The molecule has 0 bridgehead atoms. The molecule has 0 spiro atoms. The van der Waals surface area contributed by atoms with Crippen molar-refractivity contribution in [3.8, 4) is 6.01 Å². The fourth-order valence-electron chi connectivity index (χ4n) is 2.70. The highest BCUT2D eigenvalue weighted by Crippen LogP contribution is 2.27. The molecule has 3 rings (SSSR count). The van der Waals surface area contributed by atoms with Gasteiger partial charge in [0.25, 0.3) is 6.01 Å². The Labute approximate surface area is 107 Å². The van der Waals surface area contributed by atoms with Crippen molar-refractivity contribution in [1.82, 2.24) is 9.97 Å². The molecule has 1 heterocycles. The van der Waals surface area contributed by atoms with Crippen LogP contribution >= 0.6 is 0 Å². The Bertz CT molecular complexity index is 549. The highest BCUT2D eigenvalue weighted by atomic mass is 16.5. The van der Waals surface area contributed by atoms with E-state index in [2.05, 4.69) is 16.9 Å². The van der Waals surface area contributed by atoms with Crippen LogP contribution in [0.1, 0.15) is 32.6 Å². The van der Waals surface area contributed by atoms with Crippen molar-refractivity contribution in [2.24, 2.45) is 5.92 Å². The third-order valence-corrected chi connectivity index (χ3v) is 3.65. The van der Waals surface area contributed by atoms with E-state index in [1.54, 1.807) is 0 Å². The maximum Gasteiger partial charge on any atom is 0.294 e. The minimum absolute atomic E-state index is 0.298. The number of aromatic amines is 1. The summed E-state index contributed by atoms with van der Waals surface area (Å²) in [7, 11) is 0. The van der Waals surface area contributed by atoms with Crippen molar-refractivity contribution in [2.75, 3.05) is 5.73 Å². The number of fused-ring (bicyclic) bond motifs is 1. The molecular weight excluding hydrogens is 226 g/mol. The number of imidazole rings is 1. The van der Waals surface area contributed by atoms with E-state index in [1.165, 1.54) is 12.8 Å². The number of nitrogens with one attached hydrogen (secondary N) is 1. The molecule has 0 radical (unpaired) electrons. The number of rotatable bonds is 2. The van der Waals surface area contributed by atoms with E-state index in [9.17, 15) is 0 Å². The van der Waals surface area contributed by atoms with Crippen LogP contribution in [0.5, 0.6) is 6.01 Å². The van der Waals surface area contributed by atoms with Gasteiger partial charge < -0.3 is 15.5 Å². The van der Waals surface area contributed by atoms with Gasteiger partial charge in [-0.05, 0) is 43.4 Å². The number of ether oxygens (including phenoxy) is 1. The maximum absolute atomic E-state index is 5.94. The lowest BCUT2D eigenvalue weighted by Gasteiger charge is -2.26. The van der Waals surface area contributed by atoms with Gasteiger partial charge in [0.15, 0.2) is 0 Å². The van der Waals surface area contributed by atoms with Crippen molar-refractivity contribution in [3.05, 3.63) is 18.2 Å². The number of nitrogens with zero attached hydrogens (tertiary/aromatic N) is 1. The lowest BCUT2D eigenvalue weighted by Crippen LogP contribution is -2.24. The van der Waals surface area contributed by atoms with E-state index < -0.39 is 0 Å². The van der Waals surface area contributed by atoms with Gasteiger partial charge in [-0.1, -0.05) is 13.3 Å². The minimum Gasteiger partial charge on any atom is -0.461 e. The van der Waals surface area contributed by atoms with Crippen LogP contribution in [0.15, 0.2) is 18.2 Å². The number of nitrogen functional groups attached to an aromatic ring is 1. The first-order valence-electron chi connectivity index (χ1n) is 6.62. The fourth-order valence-corrected chi connectivity index (χ4v) is 2.70. The van der Waals surface area contributed by atoms with Crippen LogP contribution in [-0.2, 0) is 0 Å². The molecule has 1 aromatic carbocycles. The summed E-state index contributed by atoms with van der Waals surface area (Å²) in [5.41, 5.74) is 8.33. The van der Waals surface area contributed by atoms with E-state index in [1.807, 2.05) is 18.2 Å². The SMILES string of the molecule is CC1CCCC(Oc2nc3ccc(N)cc3[nH]2)C1. The Balaban J connectivity index is 1.78. The summed E-state index contributed by atoms with van der Waals surface area (Å²) in [6.07, 6.45) is 5.12. The molecule has 0 saturated heterocycles. The molecule has 4 heteroatoms. The predicted octanol–water partition coefficient (Wildman–Crippen LogP) is 3.10. The Morgan fingerprint density at radius 3 is 3.11 bits per heavy atom. The highest BCUT2D eigenvalue weighted by Gasteiger charge is 2.21. The summed E-state index contributed by atoms with van der Waals surface area (Å²) in [5, 5.41) is 0. The second-order valence-corrected chi connectivity index (χ2v) is 5.33. The average molecular weight is 245 g/mol. The van der Waals surface area contributed by atoms with Gasteiger partial charge in [0, 0.05) is 5.69 Å². The topological polar surface area (TPSA) is 63.9 Å². The standard InChI is InChI=1S/C14H19N3O/c1-9-3-2-4-11(7-9)18-14-16-12-6-5-10(15)8-13(12)17-14/h5-6,8-9,11H,2-4,7,15H2,1H3,(H,16,17). The summed E-state index contributed by atoms with van der Waals surface area (Å²) in [4.78, 5) is 7.62. The van der Waals surface area contributed by atoms with Gasteiger partial charge in [-0.15, -0.1) is 0 Å². The van der Waals surface area contributed by atoms with Crippen LogP contribution in [-0.4, -0.2) is 16.1 Å². The van der Waals surface area contributed by atoms with Gasteiger partial charge in [-0.2, -0.15) is 4.98 Å². The molecule has 2 aromatic rings. The summed E-state index contributed by atoms with van der Waals surface area (Å²) in [6.45, 7) is 2.29. The monoisotopic (exact) mass is 245 g/mol. The van der Waals surface area contributed by atoms with Crippen molar-refractivity contribution < 1.29 is 4.74 Å². The second kappa shape index (κ2) is 4.52. The zero-order chi connectivity index (χ0) is 12.5. The number of hydrogen-bond donors (Lipinski definition) is 2. The van der Waals surface area contributed by atoms with Crippen LogP contribution in [0, 0.1) is 5.92 Å². The molecule has 18 heavy (non-hydrogen) atoms. The van der Waals surface area contributed by atoms with Crippen LogP contribution in [0.25, 0.3) is 11.0 Å². The normalized spacial score (nSPS) is 24.3. The van der Waals surface area contributed by atoms with Crippen molar-refractivity contribution >= 4 is 16.7 Å². The Morgan fingerprint density at radius 2 is 2.28 bits per heavy atom. The lowest BCUT2D eigenvalue weighted by molar-refractivity contribution is 0.120. The first-order chi connectivity index (χ1) is 8.70. The van der Waals surface area contributed by atoms with Gasteiger partial charge in [0.05, 0.1) is 11.0 Å². The Hall–Kier alpha value is -1.71. The van der Waals surface area contributed by atoms with Crippen LogP contribution in [0.2, 0.25) is 0 Å². The number of anilines is 1. The Kier molecular flexibility index (Phi) is 2.86. The summed E-state index contributed by atoms with van der Waals surface area (Å²) in [5.74, 6) is 0.753. The molecule has 4 nitrogen and oxygen atoms in total. The van der Waals surface area contributed by atoms with Crippen LogP contribution in [0.4, 0.5) is 5.69 Å². The quantitative estimate of drug-likeness (QED) is 0.799. The molecule has 1 aliphatic carbocycles. The molecule has 1 fully saturated rings. The molecule has 0 aliphatic heterocycles. The number of nitrogens with two attached hydrogens (primary N) is 1. The molecule has 1 aliphatic rings. The van der Waals surface area contributed by atoms with E-state index in [4.69, 9.17) is 10.5 Å². The molecule has 2 unspecified atom stereocenters. The number of benzene rings is 1. The van der Waals surface area contributed by atoms with E-state index >= 15 is 0 Å². The second-order valence-electron chi connectivity index (χ2n) is 5.33. The summed E-state index contributed by atoms with van der Waals surface area (Å²) < 4.78 is 5.94. The van der Waals surface area contributed by atoms with Crippen LogP contribution < -0.4 is 10.5 Å². The van der Waals surface area contributed by atoms with Gasteiger partial charge in [-0.25, -0.2) is 0 Å². The minimum atomic E-state index is 0.298. The van der Waals surface area contributed by atoms with E-state index in [0.29, 0.717) is 12.1 Å². The van der Waals surface area contributed by atoms with E-state index in [-0.39, 0.29) is 0 Å². The molecule has 1 saturated carbocycles. The highest BCUT2D eigenvalue weighted by molar-refractivity contribution is 5.79. The molecule has 3 N–H and O–H groups in total. The summed E-state index contributed by atoms with van der Waals surface area (Å²) in [6, 6.07) is 6.28. The first kappa shape index (κ1) is 11.4. The Morgan fingerprint density at radius 1 is 1.39 bits per heavy atom. The maximum atomic E-state index is 5.94.